The lowest BCUT2D eigenvalue weighted by Crippen LogP contribution is -2.14. The van der Waals surface area contributed by atoms with Gasteiger partial charge in [-0.3, -0.25) is 4.68 Å². The largest absolute Gasteiger partial charge is 0.478 e. The van der Waals surface area contributed by atoms with Crippen LogP contribution >= 0.6 is 0 Å². The van der Waals surface area contributed by atoms with Crippen molar-refractivity contribution in [1.29, 1.82) is 0 Å². The monoisotopic (exact) mass is 275 g/mol. The number of anilines is 1. The third kappa shape index (κ3) is 2.93. The van der Waals surface area contributed by atoms with Gasteiger partial charge >= 0.3 is 5.97 Å². The number of aromatic nitrogens is 4. The zero-order chi connectivity index (χ0) is 14.7. The van der Waals surface area contributed by atoms with Crippen molar-refractivity contribution >= 4 is 11.8 Å². The topological polar surface area (TPSA) is 92.9 Å². The van der Waals surface area contributed by atoms with Crippen molar-refractivity contribution in [2.45, 2.75) is 20.3 Å². The van der Waals surface area contributed by atoms with Crippen molar-refractivity contribution in [3.05, 3.63) is 34.8 Å². The quantitative estimate of drug-likeness (QED) is 0.851. The van der Waals surface area contributed by atoms with Crippen molar-refractivity contribution < 1.29 is 9.90 Å². The second kappa shape index (κ2) is 5.68. The Balaban J connectivity index is 2.09. The molecule has 20 heavy (non-hydrogen) atoms. The van der Waals surface area contributed by atoms with Crippen LogP contribution in [0.2, 0.25) is 0 Å². The van der Waals surface area contributed by atoms with Gasteiger partial charge in [0.2, 0.25) is 0 Å². The molecule has 0 saturated carbocycles. The van der Waals surface area contributed by atoms with E-state index in [2.05, 4.69) is 20.6 Å². The average molecular weight is 275 g/mol. The molecular weight excluding hydrogens is 258 g/mol. The van der Waals surface area contributed by atoms with E-state index in [1.165, 1.54) is 0 Å². The van der Waals surface area contributed by atoms with Crippen LogP contribution in [0.4, 0.5) is 5.82 Å². The first kappa shape index (κ1) is 14.0. The van der Waals surface area contributed by atoms with Crippen molar-refractivity contribution in [2.24, 2.45) is 7.05 Å². The Labute approximate surface area is 116 Å². The Morgan fingerprint density at radius 1 is 1.40 bits per heavy atom. The third-order valence-electron chi connectivity index (χ3n) is 3.13. The fourth-order valence-corrected chi connectivity index (χ4v) is 1.92. The van der Waals surface area contributed by atoms with E-state index < -0.39 is 5.97 Å². The summed E-state index contributed by atoms with van der Waals surface area (Å²) in [4.78, 5) is 11.3. The van der Waals surface area contributed by atoms with E-state index in [0.29, 0.717) is 23.6 Å². The minimum Gasteiger partial charge on any atom is -0.478 e. The standard InChI is InChI=1S/C13H17N5O2/c1-8-9(2)16-17-12(11(8)13(19)20)14-5-4-10-6-15-18(3)7-10/h6-7H,4-5H2,1-3H3,(H,14,17)(H,19,20). The van der Waals surface area contributed by atoms with Crippen LogP contribution < -0.4 is 5.32 Å². The summed E-state index contributed by atoms with van der Waals surface area (Å²) in [5, 5.41) is 24.3. The normalized spacial score (nSPS) is 10.6. The van der Waals surface area contributed by atoms with Crippen LogP contribution in [0.3, 0.4) is 0 Å². The molecule has 106 valence electrons. The van der Waals surface area contributed by atoms with Crippen molar-refractivity contribution in [3.63, 3.8) is 0 Å². The first-order valence-electron chi connectivity index (χ1n) is 6.27. The zero-order valence-electron chi connectivity index (χ0n) is 11.7. The summed E-state index contributed by atoms with van der Waals surface area (Å²) >= 11 is 0. The maximum absolute atomic E-state index is 11.3. The maximum Gasteiger partial charge on any atom is 0.339 e. The van der Waals surface area contributed by atoms with Gasteiger partial charge in [-0.2, -0.15) is 10.2 Å². The van der Waals surface area contributed by atoms with Gasteiger partial charge in [-0.1, -0.05) is 0 Å². The molecule has 7 nitrogen and oxygen atoms in total. The molecule has 2 N–H and O–H groups in total. The molecule has 0 saturated heterocycles. The number of carboxylic acid groups (broad SMARTS) is 1. The molecule has 0 aliphatic rings. The number of carboxylic acids is 1. The molecule has 0 unspecified atom stereocenters. The smallest absolute Gasteiger partial charge is 0.339 e. The summed E-state index contributed by atoms with van der Waals surface area (Å²) in [5.74, 6) is -0.686. The van der Waals surface area contributed by atoms with Crippen LogP contribution in [0, 0.1) is 13.8 Å². The summed E-state index contributed by atoms with van der Waals surface area (Å²) in [6.45, 7) is 4.05. The summed E-state index contributed by atoms with van der Waals surface area (Å²) in [7, 11) is 1.86. The van der Waals surface area contributed by atoms with Crippen LogP contribution in [-0.4, -0.2) is 37.6 Å². The first-order chi connectivity index (χ1) is 9.49. The Morgan fingerprint density at radius 2 is 2.15 bits per heavy atom. The summed E-state index contributed by atoms with van der Waals surface area (Å²) in [6, 6.07) is 0. The Bertz CT molecular complexity index is 636. The molecule has 0 atom stereocenters. The maximum atomic E-state index is 11.3. The number of carbonyl (C=O) groups is 1. The molecule has 0 fully saturated rings. The van der Waals surface area contributed by atoms with Crippen molar-refractivity contribution in [2.75, 3.05) is 11.9 Å². The minimum absolute atomic E-state index is 0.184. The predicted molar refractivity (Wildman–Crippen MR) is 73.9 cm³/mol. The van der Waals surface area contributed by atoms with Gasteiger partial charge < -0.3 is 10.4 Å². The van der Waals surface area contributed by atoms with Crippen molar-refractivity contribution in [1.82, 2.24) is 20.0 Å². The van der Waals surface area contributed by atoms with Crippen LogP contribution in [0.15, 0.2) is 12.4 Å². The number of rotatable bonds is 5. The Hall–Kier alpha value is -2.44. The number of hydrogen-bond acceptors (Lipinski definition) is 5. The van der Waals surface area contributed by atoms with E-state index in [9.17, 15) is 9.90 Å². The fraction of sp³-hybridized carbons (Fsp3) is 0.385. The third-order valence-corrected chi connectivity index (χ3v) is 3.13. The molecule has 0 aromatic carbocycles. The fourth-order valence-electron chi connectivity index (χ4n) is 1.92. The van der Waals surface area contributed by atoms with E-state index in [-0.39, 0.29) is 5.56 Å². The first-order valence-corrected chi connectivity index (χ1v) is 6.27. The molecule has 2 heterocycles. The summed E-state index contributed by atoms with van der Waals surface area (Å²) < 4.78 is 1.73. The molecule has 0 spiro atoms. The Kier molecular flexibility index (Phi) is 3.97. The zero-order valence-corrected chi connectivity index (χ0v) is 11.7. The molecule has 2 aromatic heterocycles. The molecule has 7 heteroatoms. The molecule has 2 aromatic rings. The Morgan fingerprint density at radius 3 is 2.75 bits per heavy atom. The molecule has 0 amide bonds. The number of aromatic carboxylic acids is 1. The summed E-state index contributed by atoms with van der Waals surface area (Å²) in [5.41, 5.74) is 2.52. The highest BCUT2D eigenvalue weighted by Gasteiger charge is 2.17. The van der Waals surface area contributed by atoms with E-state index in [0.717, 1.165) is 12.0 Å². The number of aryl methyl sites for hydroxylation is 2. The molecule has 2 rings (SSSR count). The van der Waals surface area contributed by atoms with E-state index in [4.69, 9.17) is 0 Å². The van der Waals surface area contributed by atoms with E-state index in [1.807, 2.05) is 13.2 Å². The molecule has 0 aliphatic carbocycles. The van der Waals surface area contributed by atoms with Gasteiger partial charge in [0.1, 0.15) is 5.56 Å². The average Bonchev–Trinajstić information content (AvgIpc) is 2.79. The SMILES string of the molecule is Cc1nnc(NCCc2cnn(C)c2)c(C(=O)O)c1C. The lowest BCUT2D eigenvalue weighted by atomic mass is 10.1. The second-order valence-corrected chi connectivity index (χ2v) is 4.64. The molecular formula is C13H17N5O2. The van der Waals surface area contributed by atoms with Crippen LogP contribution in [0.1, 0.15) is 27.2 Å². The van der Waals surface area contributed by atoms with Crippen LogP contribution in [0.5, 0.6) is 0 Å². The van der Waals surface area contributed by atoms with Gasteiger partial charge in [0.05, 0.1) is 11.9 Å². The lowest BCUT2D eigenvalue weighted by Gasteiger charge is -2.10. The molecule has 0 aliphatic heterocycles. The van der Waals surface area contributed by atoms with E-state index in [1.54, 1.807) is 24.7 Å². The van der Waals surface area contributed by atoms with E-state index >= 15 is 0 Å². The second-order valence-electron chi connectivity index (χ2n) is 4.64. The van der Waals surface area contributed by atoms with Gasteiger partial charge in [0, 0.05) is 19.8 Å². The number of nitrogens with zero attached hydrogens (tertiary/aromatic N) is 4. The van der Waals surface area contributed by atoms with Crippen molar-refractivity contribution in [3.8, 4) is 0 Å². The highest BCUT2D eigenvalue weighted by Crippen LogP contribution is 2.18. The molecule has 0 bridgehead atoms. The van der Waals surface area contributed by atoms with Crippen LogP contribution in [-0.2, 0) is 13.5 Å². The van der Waals surface area contributed by atoms with Gasteiger partial charge in [-0.05, 0) is 31.4 Å². The van der Waals surface area contributed by atoms with Gasteiger partial charge in [0.25, 0.3) is 0 Å². The highest BCUT2D eigenvalue weighted by atomic mass is 16.4. The summed E-state index contributed by atoms with van der Waals surface area (Å²) in [6.07, 6.45) is 4.44. The minimum atomic E-state index is -0.996. The highest BCUT2D eigenvalue weighted by molar-refractivity contribution is 5.94. The van der Waals surface area contributed by atoms with Gasteiger partial charge in [-0.15, -0.1) is 5.10 Å². The van der Waals surface area contributed by atoms with Gasteiger partial charge in [-0.25, -0.2) is 4.79 Å². The number of hydrogen-bond donors (Lipinski definition) is 2. The number of nitrogens with one attached hydrogen (secondary N) is 1. The molecule has 0 radical (unpaired) electrons. The predicted octanol–water partition coefficient (Wildman–Crippen LogP) is 1.18. The van der Waals surface area contributed by atoms with Gasteiger partial charge in [0.15, 0.2) is 5.82 Å². The lowest BCUT2D eigenvalue weighted by molar-refractivity contribution is 0.0696. The van der Waals surface area contributed by atoms with Crippen LogP contribution in [0.25, 0.3) is 0 Å².